The molecule has 0 bridgehead atoms. The second-order valence-electron chi connectivity index (χ2n) is 6.23. The number of nitrogens with zero attached hydrogens (tertiary/aromatic N) is 3. The Kier molecular flexibility index (Phi) is 3.94. The van der Waals surface area contributed by atoms with Crippen molar-refractivity contribution in [2.45, 2.75) is 31.2 Å². The van der Waals surface area contributed by atoms with E-state index in [0.717, 1.165) is 25.7 Å². The molecule has 0 radical (unpaired) electrons. The molecule has 0 N–H and O–H groups in total. The summed E-state index contributed by atoms with van der Waals surface area (Å²) in [4.78, 5) is 18.4. The van der Waals surface area contributed by atoms with Gasteiger partial charge in [-0.05, 0) is 37.8 Å². The molecule has 3 rings (SSSR count). The first-order chi connectivity index (χ1) is 10.4. The molecule has 2 fully saturated rings. The molecule has 2 aliphatic rings. The molecule has 1 aromatic heterocycles. The SMILES string of the molecule is CS(=O)(=O)N1CCC[C@]12CCCN(C(=O)c1ccncc1)C2. The van der Waals surface area contributed by atoms with E-state index in [1.165, 1.54) is 6.26 Å². The fraction of sp³-hybridized carbons (Fsp3) is 0.600. The van der Waals surface area contributed by atoms with Gasteiger partial charge in [-0.15, -0.1) is 0 Å². The lowest BCUT2D eigenvalue weighted by Crippen LogP contribution is -2.58. The van der Waals surface area contributed by atoms with Crippen molar-refractivity contribution >= 4 is 15.9 Å². The van der Waals surface area contributed by atoms with Crippen LogP contribution in [0.5, 0.6) is 0 Å². The van der Waals surface area contributed by atoms with Gasteiger partial charge in [0.15, 0.2) is 0 Å². The van der Waals surface area contributed by atoms with E-state index in [-0.39, 0.29) is 5.91 Å². The molecule has 1 atom stereocenters. The van der Waals surface area contributed by atoms with Crippen LogP contribution in [0.25, 0.3) is 0 Å². The van der Waals surface area contributed by atoms with Crippen LogP contribution in [0.15, 0.2) is 24.5 Å². The van der Waals surface area contributed by atoms with E-state index in [0.29, 0.717) is 25.2 Å². The van der Waals surface area contributed by atoms with E-state index in [4.69, 9.17) is 0 Å². The second kappa shape index (κ2) is 5.62. The number of piperidine rings is 1. The number of pyridine rings is 1. The smallest absolute Gasteiger partial charge is 0.254 e. The summed E-state index contributed by atoms with van der Waals surface area (Å²) in [5.41, 5.74) is 0.199. The van der Waals surface area contributed by atoms with E-state index >= 15 is 0 Å². The number of sulfonamides is 1. The number of amides is 1. The normalized spacial score (nSPS) is 26.5. The van der Waals surface area contributed by atoms with Crippen molar-refractivity contribution in [2.24, 2.45) is 0 Å². The third kappa shape index (κ3) is 2.75. The lowest BCUT2D eigenvalue weighted by Gasteiger charge is -2.44. The maximum atomic E-state index is 12.6. The minimum Gasteiger partial charge on any atom is -0.337 e. The van der Waals surface area contributed by atoms with Crippen molar-refractivity contribution in [2.75, 3.05) is 25.9 Å². The van der Waals surface area contributed by atoms with Gasteiger partial charge in [-0.25, -0.2) is 8.42 Å². The van der Waals surface area contributed by atoms with Gasteiger partial charge in [0, 0.05) is 37.6 Å². The molecule has 0 saturated carbocycles. The topological polar surface area (TPSA) is 70.6 Å². The molecular weight excluding hydrogens is 302 g/mol. The summed E-state index contributed by atoms with van der Waals surface area (Å²) >= 11 is 0. The molecule has 1 aromatic rings. The highest BCUT2D eigenvalue weighted by Crippen LogP contribution is 2.39. The summed E-state index contributed by atoms with van der Waals surface area (Å²) in [6.45, 7) is 1.73. The van der Waals surface area contributed by atoms with Gasteiger partial charge < -0.3 is 4.90 Å². The average Bonchev–Trinajstić information content (AvgIpc) is 2.90. The van der Waals surface area contributed by atoms with E-state index in [2.05, 4.69) is 4.98 Å². The van der Waals surface area contributed by atoms with Crippen LogP contribution in [0, 0.1) is 0 Å². The number of likely N-dealkylation sites (tertiary alicyclic amines) is 1. The van der Waals surface area contributed by atoms with E-state index in [1.807, 2.05) is 0 Å². The number of rotatable bonds is 2. The van der Waals surface area contributed by atoms with Gasteiger partial charge in [0.1, 0.15) is 0 Å². The summed E-state index contributed by atoms with van der Waals surface area (Å²) in [6.07, 6.45) is 7.84. The highest BCUT2D eigenvalue weighted by molar-refractivity contribution is 7.88. The van der Waals surface area contributed by atoms with Crippen molar-refractivity contribution in [1.29, 1.82) is 0 Å². The Hall–Kier alpha value is -1.47. The average molecular weight is 323 g/mol. The maximum absolute atomic E-state index is 12.6. The lowest BCUT2D eigenvalue weighted by molar-refractivity contribution is 0.0524. The number of carbonyl (C=O) groups excluding carboxylic acids is 1. The Morgan fingerprint density at radius 3 is 2.45 bits per heavy atom. The Bertz CT molecular complexity index is 662. The first-order valence-corrected chi connectivity index (χ1v) is 9.44. The highest BCUT2D eigenvalue weighted by atomic mass is 32.2. The van der Waals surface area contributed by atoms with Gasteiger partial charge in [0.05, 0.1) is 11.8 Å². The van der Waals surface area contributed by atoms with E-state index < -0.39 is 15.6 Å². The van der Waals surface area contributed by atoms with Crippen LogP contribution in [0.2, 0.25) is 0 Å². The molecule has 2 saturated heterocycles. The number of carbonyl (C=O) groups is 1. The van der Waals surface area contributed by atoms with Gasteiger partial charge in [-0.2, -0.15) is 4.31 Å². The zero-order chi connectivity index (χ0) is 15.8. The predicted octanol–water partition coefficient (Wildman–Crippen LogP) is 1.11. The Morgan fingerprint density at radius 1 is 1.18 bits per heavy atom. The molecule has 2 aliphatic heterocycles. The van der Waals surface area contributed by atoms with Gasteiger partial charge in [0.25, 0.3) is 5.91 Å². The lowest BCUT2D eigenvalue weighted by atomic mass is 9.87. The molecule has 7 heteroatoms. The van der Waals surface area contributed by atoms with Crippen LogP contribution in [0.1, 0.15) is 36.0 Å². The maximum Gasteiger partial charge on any atom is 0.254 e. The van der Waals surface area contributed by atoms with Crippen molar-refractivity contribution < 1.29 is 13.2 Å². The first kappa shape index (κ1) is 15.4. The van der Waals surface area contributed by atoms with Crippen LogP contribution in [-0.2, 0) is 10.0 Å². The van der Waals surface area contributed by atoms with Crippen LogP contribution in [0.4, 0.5) is 0 Å². The summed E-state index contributed by atoms with van der Waals surface area (Å²) in [5.74, 6) is -0.0400. The first-order valence-electron chi connectivity index (χ1n) is 7.60. The Morgan fingerprint density at radius 2 is 1.82 bits per heavy atom. The summed E-state index contributed by atoms with van der Waals surface area (Å²) in [6, 6.07) is 3.40. The summed E-state index contributed by atoms with van der Waals surface area (Å²) < 4.78 is 25.8. The highest BCUT2D eigenvalue weighted by Gasteiger charge is 2.48. The Balaban J connectivity index is 1.84. The fourth-order valence-electron chi connectivity index (χ4n) is 3.80. The van der Waals surface area contributed by atoms with Gasteiger partial charge in [-0.1, -0.05) is 0 Å². The van der Waals surface area contributed by atoms with Crippen LogP contribution in [0.3, 0.4) is 0 Å². The van der Waals surface area contributed by atoms with Crippen molar-refractivity contribution in [1.82, 2.24) is 14.2 Å². The molecule has 0 unspecified atom stereocenters. The van der Waals surface area contributed by atoms with Crippen molar-refractivity contribution in [3.63, 3.8) is 0 Å². The summed E-state index contributed by atoms with van der Waals surface area (Å²) in [7, 11) is -3.24. The molecule has 1 amide bonds. The minimum absolute atomic E-state index is 0.0400. The molecule has 0 aliphatic carbocycles. The summed E-state index contributed by atoms with van der Waals surface area (Å²) in [5, 5.41) is 0. The predicted molar refractivity (Wildman–Crippen MR) is 82.9 cm³/mol. The molecule has 120 valence electrons. The van der Waals surface area contributed by atoms with E-state index in [9.17, 15) is 13.2 Å². The van der Waals surface area contributed by atoms with Crippen LogP contribution in [-0.4, -0.2) is 59.9 Å². The minimum atomic E-state index is -3.24. The molecule has 3 heterocycles. The van der Waals surface area contributed by atoms with Gasteiger partial charge in [0.2, 0.25) is 10.0 Å². The molecule has 22 heavy (non-hydrogen) atoms. The molecule has 0 aromatic carbocycles. The zero-order valence-electron chi connectivity index (χ0n) is 12.7. The third-order valence-corrected chi connectivity index (χ3v) is 6.07. The van der Waals surface area contributed by atoms with E-state index in [1.54, 1.807) is 33.7 Å². The zero-order valence-corrected chi connectivity index (χ0v) is 13.6. The van der Waals surface area contributed by atoms with Crippen molar-refractivity contribution in [3.8, 4) is 0 Å². The second-order valence-corrected chi connectivity index (χ2v) is 8.14. The monoisotopic (exact) mass is 323 g/mol. The Labute approximate surface area is 131 Å². The molecule has 1 spiro atoms. The van der Waals surface area contributed by atoms with Gasteiger partial charge >= 0.3 is 0 Å². The van der Waals surface area contributed by atoms with Gasteiger partial charge in [-0.3, -0.25) is 9.78 Å². The molecular formula is C15H21N3O3S. The number of aromatic nitrogens is 1. The largest absolute Gasteiger partial charge is 0.337 e. The van der Waals surface area contributed by atoms with Crippen LogP contribution >= 0.6 is 0 Å². The van der Waals surface area contributed by atoms with Crippen LogP contribution < -0.4 is 0 Å². The number of hydrogen-bond donors (Lipinski definition) is 0. The van der Waals surface area contributed by atoms with Crippen molar-refractivity contribution in [3.05, 3.63) is 30.1 Å². The number of hydrogen-bond acceptors (Lipinski definition) is 4. The quantitative estimate of drug-likeness (QED) is 0.817. The third-order valence-electron chi connectivity index (χ3n) is 4.70. The standard InChI is InChI=1S/C15H21N3O3S/c1-22(20,21)18-11-3-7-15(18)6-2-10-17(12-15)14(19)13-4-8-16-9-5-13/h4-5,8-9H,2-3,6-7,10-12H2,1H3/t15-/m0/s1. The molecule has 6 nitrogen and oxygen atoms in total. The fourth-order valence-corrected chi connectivity index (χ4v) is 5.21.